The van der Waals surface area contributed by atoms with Gasteiger partial charge in [-0.15, -0.1) is 0 Å². The van der Waals surface area contributed by atoms with Crippen LogP contribution in [-0.4, -0.2) is 22.0 Å². The number of rotatable bonds is 10. The predicted molar refractivity (Wildman–Crippen MR) is 136 cm³/mol. The second kappa shape index (κ2) is 11.2. The first-order valence-electron chi connectivity index (χ1n) is 11.7. The average molecular weight is 453 g/mol. The highest BCUT2D eigenvalue weighted by Gasteiger charge is 2.21. The third-order valence-electron chi connectivity index (χ3n) is 5.77. The third-order valence-corrected chi connectivity index (χ3v) is 5.77. The molecule has 1 aromatic heterocycles. The Morgan fingerprint density at radius 2 is 1.50 bits per heavy atom. The lowest BCUT2D eigenvalue weighted by molar-refractivity contribution is 0.0514. The number of oxime groups is 1. The van der Waals surface area contributed by atoms with E-state index in [0.29, 0.717) is 17.5 Å². The van der Waals surface area contributed by atoms with Gasteiger partial charge in [0.2, 0.25) is 5.78 Å². The van der Waals surface area contributed by atoms with E-state index in [4.69, 9.17) is 4.84 Å². The first kappa shape index (κ1) is 23.2. The number of Topliss-reactive ketones (excluding diaryl/α,β-unsaturated/α-hetero) is 1. The smallest absolute Gasteiger partial charge is 0.316 e. The van der Waals surface area contributed by atoms with Crippen LogP contribution in [0, 0.1) is 0 Å². The van der Waals surface area contributed by atoms with E-state index in [0.717, 1.165) is 42.3 Å². The zero-order chi connectivity index (χ0) is 23.8. The lowest BCUT2D eigenvalue weighted by atomic mass is 10.0. The van der Waals surface area contributed by atoms with Gasteiger partial charge in [0.1, 0.15) is 5.71 Å². The lowest BCUT2D eigenvalue weighted by Crippen LogP contribution is -2.16. The molecule has 0 N–H and O–H groups in total. The molecule has 172 valence electrons. The van der Waals surface area contributed by atoms with Crippen LogP contribution in [0.25, 0.3) is 16.6 Å². The number of benzene rings is 3. The Balaban J connectivity index is 1.67. The van der Waals surface area contributed by atoms with Crippen molar-refractivity contribution in [2.45, 2.75) is 39.0 Å². The van der Waals surface area contributed by atoms with Crippen LogP contribution in [0.15, 0.2) is 96.3 Å². The maximum Gasteiger partial charge on any atom is 0.365 e. The Labute approximate surface area is 199 Å². The molecule has 0 saturated heterocycles. The van der Waals surface area contributed by atoms with Gasteiger partial charge in [0.05, 0.1) is 11.1 Å². The van der Waals surface area contributed by atoms with Gasteiger partial charge in [-0.05, 0) is 43.2 Å². The number of carbonyl (C=O) groups excluding carboxylic acids is 2. The predicted octanol–water partition coefficient (Wildman–Crippen LogP) is 7.00. The van der Waals surface area contributed by atoms with Crippen molar-refractivity contribution in [3.05, 3.63) is 102 Å². The number of carbonyl (C=O) groups is 2. The van der Waals surface area contributed by atoms with E-state index in [2.05, 4.69) is 12.1 Å². The molecule has 0 fully saturated rings. The number of nitrogens with zero attached hydrogens (tertiary/aromatic N) is 2. The normalized spacial score (nSPS) is 11.5. The summed E-state index contributed by atoms with van der Waals surface area (Å²) in [7, 11) is 0. The maximum absolute atomic E-state index is 13.7. The van der Waals surface area contributed by atoms with Gasteiger partial charge < -0.3 is 9.40 Å². The molecule has 4 rings (SSSR count). The number of para-hydroxylation sites is 2. The highest BCUT2D eigenvalue weighted by Crippen LogP contribution is 2.26. The molecular formula is C29H28N2O3. The van der Waals surface area contributed by atoms with Crippen LogP contribution < -0.4 is 0 Å². The van der Waals surface area contributed by atoms with Crippen LogP contribution in [0.5, 0.6) is 0 Å². The summed E-state index contributed by atoms with van der Waals surface area (Å²) in [5.41, 5.74) is 3.10. The molecule has 5 heteroatoms. The van der Waals surface area contributed by atoms with E-state index < -0.39 is 5.97 Å². The van der Waals surface area contributed by atoms with Crippen LogP contribution in [0.2, 0.25) is 0 Å². The van der Waals surface area contributed by atoms with Crippen molar-refractivity contribution in [2.24, 2.45) is 5.16 Å². The van der Waals surface area contributed by atoms with Gasteiger partial charge >= 0.3 is 5.97 Å². The zero-order valence-electron chi connectivity index (χ0n) is 19.3. The fourth-order valence-corrected chi connectivity index (χ4v) is 3.96. The van der Waals surface area contributed by atoms with Gasteiger partial charge in [0, 0.05) is 22.8 Å². The SMILES string of the molecule is CCCCCC/C(=N\OC(=O)c1ccccc1)C(=O)c1cn(-c2ccccc2)c2ccccc12. The quantitative estimate of drug-likeness (QED) is 0.0856. The second-order valence-corrected chi connectivity index (χ2v) is 8.19. The molecule has 3 aromatic carbocycles. The molecule has 0 bridgehead atoms. The second-order valence-electron chi connectivity index (χ2n) is 8.19. The summed E-state index contributed by atoms with van der Waals surface area (Å²) in [6, 6.07) is 26.4. The van der Waals surface area contributed by atoms with E-state index in [1.165, 1.54) is 0 Å². The molecule has 0 unspecified atom stereocenters. The fourth-order valence-electron chi connectivity index (χ4n) is 3.96. The number of ketones is 1. The highest BCUT2D eigenvalue weighted by molar-refractivity contribution is 6.47. The van der Waals surface area contributed by atoms with Gasteiger partial charge in [0.25, 0.3) is 0 Å². The lowest BCUT2D eigenvalue weighted by Gasteiger charge is -2.06. The summed E-state index contributed by atoms with van der Waals surface area (Å²) in [5, 5.41) is 4.91. The summed E-state index contributed by atoms with van der Waals surface area (Å²) in [4.78, 5) is 31.3. The molecule has 0 saturated carbocycles. The van der Waals surface area contributed by atoms with Crippen molar-refractivity contribution >= 4 is 28.4 Å². The first-order valence-corrected chi connectivity index (χ1v) is 11.7. The molecule has 0 aliphatic rings. The molecule has 0 radical (unpaired) electrons. The van der Waals surface area contributed by atoms with E-state index in [9.17, 15) is 9.59 Å². The van der Waals surface area contributed by atoms with Crippen LogP contribution in [0.3, 0.4) is 0 Å². The van der Waals surface area contributed by atoms with Gasteiger partial charge in [0.15, 0.2) is 0 Å². The minimum absolute atomic E-state index is 0.219. The van der Waals surface area contributed by atoms with Crippen molar-refractivity contribution in [1.29, 1.82) is 0 Å². The number of hydrogen-bond acceptors (Lipinski definition) is 4. The Hall–Kier alpha value is -3.99. The van der Waals surface area contributed by atoms with Gasteiger partial charge in [-0.25, -0.2) is 4.79 Å². The van der Waals surface area contributed by atoms with Crippen LogP contribution in [-0.2, 0) is 4.84 Å². The molecule has 5 nitrogen and oxygen atoms in total. The Bertz CT molecular complexity index is 1290. The van der Waals surface area contributed by atoms with Crippen molar-refractivity contribution < 1.29 is 14.4 Å². The van der Waals surface area contributed by atoms with E-state index in [-0.39, 0.29) is 11.5 Å². The fraction of sp³-hybridized carbons (Fsp3) is 0.207. The molecule has 0 aliphatic carbocycles. The molecule has 0 amide bonds. The van der Waals surface area contributed by atoms with E-state index >= 15 is 0 Å². The monoisotopic (exact) mass is 452 g/mol. The Morgan fingerprint density at radius 1 is 0.824 bits per heavy atom. The van der Waals surface area contributed by atoms with E-state index in [1.54, 1.807) is 24.3 Å². The molecule has 1 heterocycles. The molecular weight excluding hydrogens is 424 g/mol. The van der Waals surface area contributed by atoms with Crippen LogP contribution in [0.1, 0.15) is 59.7 Å². The van der Waals surface area contributed by atoms with Crippen molar-refractivity contribution in [1.82, 2.24) is 4.57 Å². The standard InChI is InChI=1S/C29H28N2O3/c1-2-3-4-11-19-26(30-34-29(33)22-14-7-5-8-15-22)28(32)25-21-31(23-16-9-6-10-17-23)27-20-13-12-18-24(25)27/h5-10,12-18,20-21H,2-4,11,19H2,1H3/b30-26+. The van der Waals surface area contributed by atoms with E-state index in [1.807, 2.05) is 71.4 Å². The minimum Gasteiger partial charge on any atom is -0.316 e. The molecule has 0 spiro atoms. The topological polar surface area (TPSA) is 60.7 Å². The summed E-state index contributed by atoms with van der Waals surface area (Å²) < 4.78 is 2.01. The molecule has 0 aliphatic heterocycles. The Kier molecular flexibility index (Phi) is 7.66. The maximum atomic E-state index is 13.7. The zero-order valence-corrected chi connectivity index (χ0v) is 19.3. The van der Waals surface area contributed by atoms with Gasteiger partial charge in [-0.1, -0.05) is 85.9 Å². The first-order chi connectivity index (χ1) is 16.7. The Morgan fingerprint density at radius 3 is 2.24 bits per heavy atom. The molecule has 0 atom stereocenters. The van der Waals surface area contributed by atoms with Crippen LogP contribution >= 0.6 is 0 Å². The number of fused-ring (bicyclic) bond motifs is 1. The average Bonchev–Trinajstić information content (AvgIpc) is 3.28. The summed E-state index contributed by atoms with van der Waals surface area (Å²) >= 11 is 0. The minimum atomic E-state index is -0.578. The third kappa shape index (κ3) is 5.31. The van der Waals surface area contributed by atoms with Gasteiger partial charge in [-0.3, -0.25) is 4.79 Å². The summed E-state index contributed by atoms with van der Waals surface area (Å²) in [6.07, 6.45) is 6.26. The number of hydrogen-bond donors (Lipinski definition) is 0. The van der Waals surface area contributed by atoms with Crippen molar-refractivity contribution in [3.63, 3.8) is 0 Å². The highest BCUT2D eigenvalue weighted by atomic mass is 16.7. The summed E-state index contributed by atoms with van der Waals surface area (Å²) in [6.45, 7) is 2.14. The summed E-state index contributed by atoms with van der Waals surface area (Å²) in [5.74, 6) is -0.797. The van der Waals surface area contributed by atoms with Gasteiger partial charge in [-0.2, -0.15) is 0 Å². The van der Waals surface area contributed by atoms with Crippen molar-refractivity contribution in [3.8, 4) is 5.69 Å². The van der Waals surface area contributed by atoms with Crippen LogP contribution in [0.4, 0.5) is 0 Å². The number of aromatic nitrogens is 1. The number of unbranched alkanes of at least 4 members (excludes halogenated alkanes) is 3. The van der Waals surface area contributed by atoms with Crippen molar-refractivity contribution in [2.75, 3.05) is 0 Å². The largest absolute Gasteiger partial charge is 0.365 e. The molecule has 34 heavy (non-hydrogen) atoms. The molecule has 4 aromatic rings.